The first-order valence-corrected chi connectivity index (χ1v) is 9.78. The highest BCUT2D eigenvalue weighted by atomic mass is 35.5. The molecule has 2 aromatic heterocycles. The molecule has 3 aromatic rings. The average molecular weight is 469 g/mol. The van der Waals surface area contributed by atoms with Gasteiger partial charge in [-0.3, -0.25) is 14.3 Å². The lowest BCUT2D eigenvalue weighted by Crippen LogP contribution is -2.35. The van der Waals surface area contributed by atoms with Crippen molar-refractivity contribution in [1.82, 2.24) is 25.2 Å². The lowest BCUT2D eigenvalue weighted by molar-refractivity contribution is -0.125. The summed E-state index contributed by atoms with van der Waals surface area (Å²) in [7, 11) is 0. The zero-order chi connectivity index (χ0) is 23.0. The van der Waals surface area contributed by atoms with Crippen LogP contribution in [0.4, 0.5) is 13.2 Å². The van der Waals surface area contributed by atoms with Crippen molar-refractivity contribution in [1.29, 1.82) is 0 Å². The number of nitrogens with two attached hydrogens (primary N) is 1. The van der Waals surface area contributed by atoms with Crippen molar-refractivity contribution in [3.63, 3.8) is 0 Å². The monoisotopic (exact) mass is 468 g/mol. The van der Waals surface area contributed by atoms with Crippen molar-refractivity contribution in [2.45, 2.75) is 31.2 Å². The molecule has 1 saturated carbocycles. The van der Waals surface area contributed by atoms with Gasteiger partial charge in [0.2, 0.25) is 11.8 Å². The van der Waals surface area contributed by atoms with Crippen molar-refractivity contribution in [3.8, 4) is 11.6 Å². The van der Waals surface area contributed by atoms with Gasteiger partial charge in [0, 0.05) is 5.02 Å². The molecule has 0 unspecified atom stereocenters. The molecule has 0 aliphatic heterocycles. The van der Waals surface area contributed by atoms with Gasteiger partial charge in [0.15, 0.2) is 11.5 Å². The summed E-state index contributed by atoms with van der Waals surface area (Å²) in [5.74, 6) is -1.83. The molecule has 1 aliphatic carbocycles. The average Bonchev–Trinajstić information content (AvgIpc) is 3.17. The standard InChI is InChI=1S/C19H16ClF3N6O3/c20-11-5-9(21)1-2-10(11)19(3-4-19)18-26-17(32-28-18)12-6-13(16(22)23)29(27-12)8-15(31)25-7-14(24)30/h1-2,5-6,16H,3-4,7-8H2,(H2,24,30)(H,25,31). The van der Waals surface area contributed by atoms with Crippen LogP contribution in [0.3, 0.4) is 0 Å². The van der Waals surface area contributed by atoms with Crippen molar-refractivity contribution >= 4 is 23.4 Å². The molecule has 4 rings (SSSR count). The summed E-state index contributed by atoms with van der Waals surface area (Å²) in [5.41, 5.74) is 4.32. The molecule has 168 valence electrons. The SMILES string of the molecule is NC(=O)CNC(=O)Cn1nc(-c2nc(C3(c4ccc(F)cc4Cl)CC3)no2)cc1C(F)F. The molecule has 1 fully saturated rings. The summed E-state index contributed by atoms with van der Waals surface area (Å²) in [6.07, 6.45) is -1.64. The lowest BCUT2D eigenvalue weighted by Gasteiger charge is -2.12. The van der Waals surface area contributed by atoms with Crippen LogP contribution in [0, 0.1) is 5.82 Å². The van der Waals surface area contributed by atoms with Gasteiger partial charge in [-0.15, -0.1) is 0 Å². The zero-order valence-corrected chi connectivity index (χ0v) is 17.1. The Morgan fingerprint density at radius 2 is 2.06 bits per heavy atom. The maximum absolute atomic E-state index is 13.4. The maximum Gasteiger partial charge on any atom is 0.280 e. The number of carbonyl (C=O) groups excluding carboxylic acids is 2. The molecule has 13 heteroatoms. The molecular weight excluding hydrogens is 453 g/mol. The highest BCUT2D eigenvalue weighted by Gasteiger charge is 2.51. The molecule has 0 spiro atoms. The Hall–Kier alpha value is -3.41. The second-order valence-corrected chi connectivity index (χ2v) is 7.69. The largest absolute Gasteiger partial charge is 0.368 e. The molecule has 9 nitrogen and oxygen atoms in total. The second-order valence-electron chi connectivity index (χ2n) is 7.29. The Labute approximate surface area is 183 Å². The predicted octanol–water partition coefficient (Wildman–Crippen LogP) is 2.34. The van der Waals surface area contributed by atoms with E-state index < -0.39 is 48.3 Å². The molecule has 0 saturated heterocycles. The van der Waals surface area contributed by atoms with E-state index in [-0.39, 0.29) is 22.4 Å². The van der Waals surface area contributed by atoms with Crippen LogP contribution >= 0.6 is 11.6 Å². The molecule has 3 N–H and O–H groups in total. The number of aromatic nitrogens is 4. The maximum atomic E-state index is 13.4. The van der Waals surface area contributed by atoms with Crippen LogP contribution in [-0.2, 0) is 21.5 Å². The van der Waals surface area contributed by atoms with Gasteiger partial charge in [-0.05, 0) is 36.6 Å². The summed E-state index contributed by atoms with van der Waals surface area (Å²) < 4.78 is 46.3. The number of benzene rings is 1. The summed E-state index contributed by atoms with van der Waals surface area (Å²) in [5, 5.41) is 10.3. The molecule has 0 atom stereocenters. The van der Waals surface area contributed by atoms with Crippen LogP contribution in [0.25, 0.3) is 11.6 Å². The number of nitrogens with zero attached hydrogens (tertiary/aromatic N) is 4. The van der Waals surface area contributed by atoms with E-state index in [0.717, 1.165) is 10.7 Å². The second kappa shape index (κ2) is 8.26. The third kappa shape index (κ3) is 4.17. The van der Waals surface area contributed by atoms with E-state index >= 15 is 0 Å². The van der Waals surface area contributed by atoms with Crippen LogP contribution in [0.5, 0.6) is 0 Å². The molecule has 1 aliphatic rings. The van der Waals surface area contributed by atoms with Crippen LogP contribution in [0.1, 0.15) is 36.3 Å². The van der Waals surface area contributed by atoms with Gasteiger partial charge in [0.1, 0.15) is 18.1 Å². The predicted molar refractivity (Wildman–Crippen MR) is 104 cm³/mol. The van der Waals surface area contributed by atoms with Gasteiger partial charge < -0.3 is 15.6 Å². The van der Waals surface area contributed by atoms with E-state index in [1.54, 1.807) is 6.07 Å². The fourth-order valence-electron chi connectivity index (χ4n) is 3.35. The molecular formula is C19H16ClF3N6O3. The highest BCUT2D eigenvalue weighted by molar-refractivity contribution is 6.31. The minimum atomic E-state index is -2.93. The number of amides is 2. The van der Waals surface area contributed by atoms with E-state index in [1.165, 1.54) is 12.1 Å². The molecule has 0 bridgehead atoms. The Bertz CT molecular complexity index is 1190. The van der Waals surface area contributed by atoms with Crippen molar-refractivity contribution < 1.29 is 27.3 Å². The third-order valence-electron chi connectivity index (χ3n) is 5.06. The normalized spacial score (nSPS) is 14.5. The van der Waals surface area contributed by atoms with Gasteiger partial charge in [-0.1, -0.05) is 22.8 Å². The van der Waals surface area contributed by atoms with Crippen molar-refractivity contribution in [2.75, 3.05) is 6.54 Å². The number of halogens is 4. The number of carbonyl (C=O) groups is 2. The Morgan fingerprint density at radius 1 is 1.31 bits per heavy atom. The van der Waals surface area contributed by atoms with E-state index in [1.807, 2.05) is 0 Å². The molecule has 2 amide bonds. The first-order chi connectivity index (χ1) is 15.2. The van der Waals surface area contributed by atoms with E-state index in [4.69, 9.17) is 21.9 Å². The lowest BCUT2D eigenvalue weighted by atomic mass is 9.95. The minimum Gasteiger partial charge on any atom is -0.368 e. The summed E-state index contributed by atoms with van der Waals surface area (Å²) >= 11 is 6.19. The van der Waals surface area contributed by atoms with Gasteiger partial charge in [0.05, 0.1) is 12.0 Å². The highest BCUT2D eigenvalue weighted by Crippen LogP contribution is 2.54. The number of nitrogens with one attached hydrogen (secondary N) is 1. The van der Waals surface area contributed by atoms with Crippen molar-refractivity contribution in [2.24, 2.45) is 5.73 Å². The van der Waals surface area contributed by atoms with E-state index in [9.17, 15) is 22.8 Å². The molecule has 0 radical (unpaired) electrons. The fraction of sp³-hybridized carbons (Fsp3) is 0.316. The third-order valence-corrected chi connectivity index (χ3v) is 5.37. The number of hydrogen-bond acceptors (Lipinski definition) is 6. The molecule has 2 heterocycles. The summed E-state index contributed by atoms with van der Waals surface area (Å²) in [6, 6.07) is 5.06. The smallest absolute Gasteiger partial charge is 0.280 e. The van der Waals surface area contributed by atoms with Crippen LogP contribution in [-0.4, -0.2) is 38.3 Å². The molecule has 1 aromatic carbocycles. The Kier molecular flexibility index (Phi) is 5.63. The van der Waals surface area contributed by atoms with E-state index in [0.29, 0.717) is 18.4 Å². The number of primary amides is 1. The van der Waals surface area contributed by atoms with E-state index in [2.05, 4.69) is 20.6 Å². The van der Waals surface area contributed by atoms with Crippen LogP contribution < -0.4 is 11.1 Å². The zero-order valence-electron chi connectivity index (χ0n) is 16.3. The topological polar surface area (TPSA) is 129 Å². The van der Waals surface area contributed by atoms with Crippen LogP contribution in [0.15, 0.2) is 28.8 Å². The Morgan fingerprint density at radius 3 is 2.69 bits per heavy atom. The number of alkyl halides is 2. The summed E-state index contributed by atoms with van der Waals surface area (Å²) in [4.78, 5) is 26.9. The molecule has 32 heavy (non-hydrogen) atoms. The quantitative estimate of drug-likeness (QED) is 0.522. The Balaban J connectivity index is 1.60. The number of hydrogen-bond donors (Lipinski definition) is 2. The fourth-order valence-corrected chi connectivity index (χ4v) is 3.70. The summed E-state index contributed by atoms with van der Waals surface area (Å²) in [6.45, 7) is -0.999. The first-order valence-electron chi connectivity index (χ1n) is 9.40. The van der Waals surface area contributed by atoms with Gasteiger partial charge in [-0.25, -0.2) is 13.2 Å². The van der Waals surface area contributed by atoms with Gasteiger partial charge in [0.25, 0.3) is 12.3 Å². The van der Waals surface area contributed by atoms with Crippen LogP contribution in [0.2, 0.25) is 5.02 Å². The van der Waals surface area contributed by atoms with Gasteiger partial charge >= 0.3 is 0 Å². The first kappa shape index (κ1) is 21.8. The number of rotatable bonds is 8. The van der Waals surface area contributed by atoms with Gasteiger partial charge in [-0.2, -0.15) is 10.1 Å². The van der Waals surface area contributed by atoms with Crippen molar-refractivity contribution in [3.05, 3.63) is 52.2 Å². The minimum absolute atomic E-state index is 0.0530.